The zero-order valence-corrected chi connectivity index (χ0v) is 13.3. The van der Waals surface area contributed by atoms with Gasteiger partial charge in [0.05, 0.1) is 5.69 Å². The fraction of sp³-hybridized carbons (Fsp3) is 0.375. The molecule has 0 bridgehead atoms. The van der Waals surface area contributed by atoms with Crippen molar-refractivity contribution in [2.45, 2.75) is 38.3 Å². The highest BCUT2D eigenvalue weighted by atomic mass is 19.3. The third-order valence-corrected chi connectivity index (χ3v) is 3.78. The van der Waals surface area contributed by atoms with Gasteiger partial charge in [0.15, 0.2) is 5.75 Å². The third-order valence-electron chi connectivity index (χ3n) is 3.78. The summed E-state index contributed by atoms with van der Waals surface area (Å²) in [6.45, 7) is -3.59. The van der Waals surface area contributed by atoms with E-state index in [4.69, 9.17) is 0 Å². The molecule has 1 heterocycles. The fourth-order valence-electron chi connectivity index (χ4n) is 2.51. The summed E-state index contributed by atoms with van der Waals surface area (Å²) in [5, 5.41) is 6.04. The molecule has 0 radical (unpaired) electrons. The van der Waals surface area contributed by atoms with Gasteiger partial charge in [0.25, 0.3) is 6.43 Å². The Labute approximate surface area is 144 Å². The maximum atomic E-state index is 13.2. The van der Waals surface area contributed by atoms with Gasteiger partial charge in [0, 0.05) is 17.7 Å². The first-order chi connectivity index (χ1) is 12.3. The lowest BCUT2D eigenvalue weighted by Gasteiger charge is -2.12. The molecule has 140 valence electrons. The second-order valence-corrected chi connectivity index (χ2v) is 5.79. The van der Waals surface area contributed by atoms with Crippen molar-refractivity contribution in [3.63, 3.8) is 0 Å². The van der Waals surface area contributed by atoms with Crippen LogP contribution in [0.2, 0.25) is 0 Å². The van der Waals surface area contributed by atoms with Crippen molar-refractivity contribution in [3.8, 4) is 5.75 Å². The summed E-state index contributed by atoms with van der Waals surface area (Å²) in [6, 6.07) is 4.01. The summed E-state index contributed by atoms with van der Waals surface area (Å²) < 4.78 is 69.0. The second-order valence-electron chi connectivity index (χ2n) is 5.79. The molecule has 0 aliphatic heterocycles. The number of amides is 1. The normalized spacial score (nSPS) is 14.1. The molecule has 1 saturated carbocycles. The number of anilines is 1. The molecule has 1 amide bonds. The quantitative estimate of drug-likeness (QED) is 0.742. The van der Waals surface area contributed by atoms with Crippen LogP contribution in [-0.4, -0.2) is 22.3 Å². The van der Waals surface area contributed by atoms with E-state index in [0.29, 0.717) is 11.8 Å². The van der Waals surface area contributed by atoms with Gasteiger partial charge in [0.2, 0.25) is 5.91 Å². The third kappa shape index (κ3) is 4.30. The Morgan fingerprint density at radius 3 is 2.62 bits per heavy atom. The number of ether oxygens (including phenoxy) is 1. The lowest BCUT2D eigenvalue weighted by Crippen LogP contribution is -2.21. The van der Waals surface area contributed by atoms with Crippen LogP contribution in [0.4, 0.5) is 27.6 Å². The van der Waals surface area contributed by atoms with Crippen molar-refractivity contribution in [2.24, 2.45) is 0 Å². The van der Waals surface area contributed by atoms with Crippen LogP contribution in [0.15, 0.2) is 24.3 Å². The lowest BCUT2D eigenvalue weighted by molar-refractivity contribution is -0.117. The second kappa shape index (κ2) is 7.30. The van der Waals surface area contributed by atoms with Crippen LogP contribution in [0.5, 0.6) is 5.75 Å². The molecule has 0 unspecified atom stereocenters. The number of nitrogens with zero attached hydrogens (tertiary/aromatic N) is 2. The largest absolute Gasteiger partial charge is 0.432 e. The maximum absolute atomic E-state index is 13.2. The molecule has 26 heavy (non-hydrogen) atoms. The van der Waals surface area contributed by atoms with Crippen LogP contribution in [0, 0.1) is 5.82 Å². The topological polar surface area (TPSA) is 56.2 Å². The van der Waals surface area contributed by atoms with Crippen LogP contribution in [0.3, 0.4) is 0 Å². The van der Waals surface area contributed by atoms with Gasteiger partial charge in [-0.15, -0.1) is 0 Å². The van der Waals surface area contributed by atoms with E-state index >= 15 is 0 Å². The molecular formula is C16H14F5N3O2. The van der Waals surface area contributed by atoms with Gasteiger partial charge in [-0.2, -0.15) is 13.9 Å². The molecule has 1 aromatic heterocycles. The zero-order chi connectivity index (χ0) is 18.8. The summed E-state index contributed by atoms with van der Waals surface area (Å²) in [7, 11) is 0. The van der Waals surface area contributed by atoms with Crippen molar-refractivity contribution in [2.75, 3.05) is 5.32 Å². The van der Waals surface area contributed by atoms with Crippen molar-refractivity contribution in [1.29, 1.82) is 0 Å². The summed E-state index contributed by atoms with van der Waals surface area (Å²) >= 11 is 0. The van der Waals surface area contributed by atoms with E-state index in [2.05, 4.69) is 15.2 Å². The number of halogens is 5. The molecular weight excluding hydrogens is 361 g/mol. The maximum Gasteiger partial charge on any atom is 0.387 e. The Morgan fingerprint density at radius 2 is 2.00 bits per heavy atom. The molecule has 2 aromatic rings. The first-order valence-electron chi connectivity index (χ1n) is 7.73. The van der Waals surface area contributed by atoms with E-state index in [1.165, 1.54) is 10.7 Å². The Morgan fingerprint density at radius 1 is 1.27 bits per heavy atom. The van der Waals surface area contributed by atoms with Gasteiger partial charge in [-0.25, -0.2) is 13.2 Å². The smallest absolute Gasteiger partial charge is 0.387 e. The molecule has 5 nitrogen and oxygen atoms in total. The molecule has 1 aromatic carbocycles. The molecule has 1 aliphatic carbocycles. The highest BCUT2D eigenvalue weighted by molar-refractivity contribution is 5.92. The predicted molar refractivity (Wildman–Crippen MR) is 80.8 cm³/mol. The predicted octanol–water partition coefficient (Wildman–Crippen LogP) is 4.08. The summed E-state index contributed by atoms with van der Waals surface area (Å²) in [5.74, 6) is -1.97. The number of alkyl halides is 4. The fourth-order valence-corrected chi connectivity index (χ4v) is 2.51. The summed E-state index contributed by atoms with van der Waals surface area (Å²) in [4.78, 5) is 12.2. The van der Waals surface area contributed by atoms with E-state index in [1.807, 2.05) is 0 Å². The number of rotatable bonds is 7. The van der Waals surface area contributed by atoms with Crippen LogP contribution in [-0.2, 0) is 11.3 Å². The minimum atomic E-state index is -3.20. The van der Waals surface area contributed by atoms with Crippen molar-refractivity contribution < 1.29 is 31.5 Å². The zero-order valence-electron chi connectivity index (χ0n) is 13.3. The van der Waals surface area contributed by atoms with E-state index in [-0.39, 0.29) is 18.2 Å². The monoisotopic (exact) mass is 375 g/mol. The average Bonchev–Trinajstić information content (AvgIpc) is 3.30. The number of nitrogens with one attached hydrogen (secondary N) is 1. The Bertz CT molecular complexity index is 805. The molecule has 1 aliphatic rings. The van der Waals surface area contributed by atoms with E-state index in [0.717, 1.165) is 25.0 Å². The number of benzene rings is 1. The van der Waals surface area contributed by atoms with Crippen molar-refractivity contribution >= 4 is 11.6 Å². The van der Waals surface area contributed by atoms with E-state index in [9.17, 15) is 26.7 Å². The molecule has 3 rings (SSSR count). The SMILES string of the molecule is O=C(Cn1nc(C(F)F)cc1C1CC1)Nc1ccc(F)cc1OC(F)F. The van der Waals surface area contributed by atoms with Gasteiger partial charge >= 0.3 is 6.61 Å². The van der Waals surface area contributed by atoms with Crippen LogP contribution in [0.1, 0.15) is 36.6 Å². The Kier molecular flexibility index (Phi) is 5.10. The molecule has 1 fully saturated rings. The molecule has 0 spiro atoms. The van der Waals surface area contributed by atoms with Gasteiger partial charge in [0.1, 0.15) is 18.1 Å². The van der Waals surface area contributed by atoms with Crippen LogP contribution < -0.4 is 10.1 Å². The first-order valence-corrected chi connectivity index (χ1v) is 7.73. The number of carbonyl (C=O) groups is 1. The van der Waals surface area contributed by atoms with E-state index in [1.54, 1.807) is 0 Å². The first kappa shape index (κ1) is 18.2. The number of aromatic nitrogens is 2. The van der Waals surface area contributed by atoms with Gasteiger partial charge in [-0.1, -0.05) is 0 Å². The minimum Gasteiger partial charge on any atom is -0.432 e. The Hall–Kier alpha value is -2.65. The van der Waals surface area contributed by atoms with Gasteiger partial charge < -0.3 is 10.1 Å². The lowest BCUT2D eigenvalue weighted by atomic mass is 10.2. The van der Waals surface area contributed by atoms with Crippen LogP contribution >= 0.6 is 0 Å². The standard InChI is InChI=1S/C16H14F5N3O2/c17-9-3-4-10(13(5-9)26-16(20)21)22-14(25)7-24-12(8-1-2-8)6-11(23-24)15(18)19/h3-6,8,15-16H,1-2,7H2,(H,22,25). The highest BCUT2D eigenvalue weighted by Gasteiger charge is 2.30. The van der Waals surface area contributed by atoms with E-state index < -0.39 is 36.2 Å². The Balaban J connectivity index is 1.75. The molecule has 0 saturated heterocycles. The number of hydrogen-bond acceptors (Lipinski definition) is 3. The summed E-state index contributed by atoms with van der Waals surface area (Å²) in [6.07, 6.45) is -1.12. The summed E-state index contributed by atoms with van der Waals surface area (Å²) in [5.41, 5.74) is -0.0623. The molecule has 1 N–H and O–H groups in total. The van der Waals surface area contributed by atoms with Crippen molar-refractivity contribution in [1.82, 2.24) is 9.78 Å². The van der Waals surface area contributed by atoms with Gasteiger partial charge in [-0.3, -0.25) is 9.48 Å². The molecule has 0 atom stereocenters. The average molecular weight is 375 g/mol. The van der Waals surface area contributed by atoms with Crippen molar-refractivity contribution in [3.05, 3.63) is 41.5 Å². The highest BCUT2D eigenvalue weighted by Crippen LogP contribution is 2.41. The number of hydrogen-bond donors (Lipinski definition) is 1. The van der Waals surface area contributed by atoms with Gasteiger partial charge in [-0.05, 0) is 31.0 Å². The molecule has 10 heteroatoms. The minimum absolute atomic E-state index is 0.0753. The number of carbonyl (C=O) groups excluding carboxylic acids is 1. The van der Waals surface area contributed by atoms with Crippen LogP contribution in [0.25, 0.3) is 0 Å².